The van der Waals surface area contributed by atoms with Crippen molar-refractivity contribution in [1.29, 1.82) is 0 Å². The molecule has 4 heteroatoms. The predicted octanol–water partition coefficient (Wildman–Crippen LogP) is 4.93. The maximum Gasteiger partial charge on any atom is 0.178 e. The molecular weight excluding hydrogens is 264 g/mol. The molecule has 1 aromatic heterocycles. The molecule has 3 rings (SSSR count). The lowest BCUT2D eigenvalue weighted by molar-refractivity contribution is 0.391. The number of halogens is 1. The van der Waals surface area contributed by atoms with Crippen molar-refractivity contribution in [2.45, 2.75) is 39.2 Å². The summed E-state index contributed by atoms with van der Waals surface area (Å²) in [5, 5.41) is 0.769. The van der Waals surface area contributed by atoms with Gasteiger partial charge in [-0.1, -0.05) is 24.9 Å². The number of aromatic nitrogens is 2. The normalized spacial score (nSPS) is 17.2. The maximum absolute atomic E-state index is 6.09. The molecule has 0 spiro atoms. The second-order valence-corrected chi connectivity index (χ2v) is 6.25. The second kappa shape index (κ2) is 4.39. The average Bonchev–Trinajstić information content (AvgIpc) is 3.02. The van der Waals surface area contributed by atoms with E-state index in [1.807, 2.05) is 18.2 Å². The zero-order valence-corrected chi connectivity index (χ0v) is 12.1. The SMILES string of the molecule is CCCC1(Cn2c(=S)[nH]c3ccc(Cl)cc32)CC1. The van der Waals surface area contributed by atoms with Gasteiger partial charge in [0.25, 0.3) is 0 Å². The van der Waals surface area contributed by atoms with Crippen LogP contribution in [0, 0.1) is 10.2 Å². The van der Waals surface area contributed by atoms with Gasteiger partial charge in [0.05, 0.1) is 11.0 Å². The number of fused-ring (bicyclic) bond motifs is 1. The van der Waals surface area contributed by atoms with E-state index in [9.17, 15) is 0 Å². The average molecular weight is 281 g/mol. The van der Waals surface area contributed by atoms with Crippen molar-refractivity contribution in [2.24, 2.45) is 5.41 Å². The van der Waals surface area contributed by atoms with E-state index in [0.29, 0.717) is 5.41 Å². The number of nitrogens with zero attached hydrogens (tertiary/aromatic N) is 1. The summed E-state index contributed by atoms with van der Waals surface area (Å²) in [7, 11) is 0. The van der Waals surface area contributed by atoms with Crippen LogP contribution >= 0.6 is 23.8 Å². The van der Waals surface area contributed by atoms with E-state index in [-0.39, 0.29) is 0 Å². The molecule has 1 saturated carbocycles. The first-order valence-electron chi connectivity index (χ1n) is 6.52. The van der Waals surface area contributed by atoms with Crippen molar-refractivity contribution in [1.82, 2.24) is 9.55 Å². The molecule has 1 aliphatic carbocycles. The van der Waals surface area contributed by atoms with E-state index >= 15 is 0 Å². The quantitative estimate of drug-likeness (QED) is 0.787. The van der Waals surface area contributed by atoms with Gasteiger partial charge in [0, 0.05) is 11.6 Å². The van der Waals surface area contributed by atoms with Crippen LogP contribution in [0.4, 0.5) is 0 Å². The smallest absolute Gasteiger partial charge is 0.178 e. The topological polar surface area (TPSA) is 20.7 Å². The first-order valence-corrected chi connectivity index (χ1v) is 7.30. The summed E-state index contributed by atoms with van der Waals surface area (Å²) < 4.78 is 3.04. The van der Waals surface area contributed by atoms with Gasteiger partial charge < -0.3 is 9.55 Å². The number of nitrogens with one attached hydrogen (secondary N) is 1. The Balaban J connectivity index is 2.03. The van der Waals surface area contributed by atoms with Gasteiger partial charge in [-0.3, -0.25) is 0 Å². The van der Waals surface area contributed by atoms with Crippen molar-refractivity contribution in [3.05, 3.63) is 28.0 Å². The number of aromatic amines is 1. The van der Waals surface area contributed by atoms with Crippen LogP contribution in [-0.2, 0) is 6.54 Å². The molecule has 1 aromatic carbocycles. The highest BCUT2D eigenvalue weighted by molar-refractivity contribution is 7.71. The molecule has 1 heterocycles. The van der Waals surface area contributed by atoms with Crippen molar-refractivity contribution in [3.8, 4) is 0 Å². The lowest BCUT2D eigenvalue weighted by atomic mass is 10.0. The Hall–Kier alpha value is -0.800. The molecule has 0 atom stereocenters. The van der Waals surface area contributed by atoms with Gasteiger partial charge in [-0.15, -0.1) is 0 Å². The summed E-state index contributed by atoms with van der Waals surface area (Å²) in [6.07, 6.45) is 5.20. The first-order chi connectivity index (χ1) is 8.63. The summed E-state index contributed by atoms with van der Waals surface area (Å²) in [4.78, 5) is 3.27. The number of benzene rings is 1. The van der Waals surface area contributed by atoms with Crippen molar-refractivity contribution in [3.63, 3.8) is 0 Å². The van der Waals surface area contributed by atoms with Crippen LogP contribution in [0.3, 0.4) is 0 Å². The van der Waals surface area contributed by atoms with Gasteiger partial charge in [-0.2, -0.15) is 0 Å². The van der Waals surface area contributed by atoms with E-state index in [0.717, 1.165) is 27.4 Å². The van der Waals surface area contributed by atoms with Crippen molar-refractivity contribution < 1.29 is 0 Å². The standard InChI is InChI=1S/C14H17ClN2S/c1-2-5-14(6-7-14)9-17-12-8-10(15)3-4-11(12)16-13(17)18/h3-4,8H,2,5-7,9H2,1H3,(H,16,18). The third-order valence-corrected chi connectivity index (χ3v) is 4.53. The lowest BCUT2D eigenvalue weighted by Gasteiger charge is -2.15. The fourth-order valence-corrected chi connectivity index (χ4v) is 3.25. The van der Waals surface area contributed by atoms with Crippen molar-refractivity contribution in [2.75, 3.05) is 0 Å². The van der Waals surface area contributed by atoms with Crippen LogP contribution in [0.15, 0.2) is 18.2 Å². The molecule has 2 nitrogen and oxygen atoms in total. The fraction of sp³-hybridized carbons (Fsp3) is 0.500. The molecule has 0 bridgehead atoms. The second-order valence-electron chi connectivity index (χ2n) is 5.43. The summed E-state index contributed by atoms with van der Waals surface area (Å²) in [6, 6.07) is 5.91. The molecule has 1 aliphatic rings. The Kier molecular flexibility index (Phi) is 2.99. The van der Waals surface area contributed by atoms with E-state index in [1.165, 1.54) is 25.7 Å². The summed E-state index contributed by atoms with van der Waals surface area (Å²) in [5.41, 5.74) is 2.70. The summed E-state index contributed by atoms with van der Waals surface area (Å²) in [6.45, 7) is 3.28. The molecule has 0 radical (unpaired) electrons. The van der Waals surface area contributed by atoms with E-state index < -0.39 is 0 Å². The highest BCUT2D eigenvalue weighted by atomic mass is 35.5. The molecular formula is C14H17ClN2S. The highest BCUT2D eigenvalue weighted by Gasteiger charge is 2.42. The van der Waals surface area contributed by atoms with Gasteiger partial charge in [-0.25, -0.2) is 0 Å². The van der Waals surface area contributed by atoms with Gasteiger partial charge in [0.1, 0.15) is 0 Å². The lowest BCUT2D eigenvalue weighted by Crippen LogP contribution is -2.11. The number of H-pyrrole nitrogens is 1. The Bertz CT molecular complexity index is 637. The summed E-state index contributed by atoms with van der Waals surface area (Å²) in [5.74, 6) is 0. The Morgan fingerprint density at radius 3 is 2.89 bits per heavy atom. The number of imidazole rings is 1. The highest BCUT2D eigenvalue weighted by Crippen LogP contribution is 2.51. The minimum absolute atomic E-state index is 0.490. The fourth-order valence-electron chi connectivity index (χ4n) is 2.81. The van der Waals surface area contributed by atoms with Crippen LogP contribution in [0.2, 0.25) is 5.02 Å². The zero-order chi connectivity index (χ0) is 12.8. The van der Waals surface area contributed by atoms with Gasteiger partial charge in [0.2, 0.25) is 0 Å². The third-order valence-electron chi connectivity index (χ3n) is 3.97. The van der Waals surface area contributed by atoms with Crippen LogP contribution in [-0.4, -0.2) is 9.55 Å². The molecule has 18 heavy (non-hydrogen) atoms. The molecule has 0 amide bonds. The van der Waals surface area contributed by atoms with Crippen LogP contribution < -0.4 is 0 Å². The predicted molar refractivity (Wildman–Crippen MR) is 78.7 cm³/mol. The Labute approximate surface area is 117 Å². The van der Waals surface area contributed by atoms with Gasteiger partial charge >= 0.3 is 0 Å². The molecule has 2 aromatic rings. The summed E-state index contributed by atoms with van der Waals surface area (Å²) >= 11 is 11.5. The van der Waals surface area contributed by atoms with E-state index in [2.05, 4.69) is 16.5 Å². The van der Waals surface area contributed by atoms with Crippen LogP contribution in [0.1, 0.15) is 32.6 Å². The molecule has 0 saturated heterocycles. The Morgan fingerprint density at radius 1 is 1.44 bits per heavy atom. The third kappa shape index (κ3) is 2.10. The number of hydrogen-bond donors (Lipinski definition) is 1. The monoisotopic (exact) mass is 280 g/mol. The maximum atomic E-state index is 6.09. The molecule has 0 unspecified atom stereocenters. The van der Waals surface area contributed by atoms with Gasteiger partial charge in [0.15, 0.2) is 4.77 Å². The zero-order valence-electron chi connectivity index (χ0n) is 10.5. The van der Waals surface area contributed by atoms with E-state index in [1.54, 1.807) is 0 Å². The van der Waals surface area contributed by atoms with Crippen LogP contribution in [0.25, 0.3) is 11.0 Å². The van der Waals surface area contributed by atoms with Crippen LogP contribution in [0.5, 0.6) is 0 Å². The molecule has 0 aliphatic heterocycles. The van der Waals surface area contributed by atoms with E-state index in [4.69, 9.17) is 23.8 Å². The van der Waals surface area contributed by atoms with Gasteiger partial charge in [-0.05, 0) is 55.1 Å². The minimum Gasteiger partial charge on any atom is -0.331 e. The first kappa shape index (κ1) is 12.2. The molecule has 1 fully saturated rings. The number of rotatable bonds is 4. The minimum atomic E-state index is 0.490. The van der Waals surface area contributed by atoms with Crippen molar-refractivity contribution >= 4 is 34.9 Å². The molecule has 96 valence electrons. The molecule has 1 N–H and O–H groups in total. The number of hydrogen-bond acceptors (Lipinski definition) is 1. The Morgan fingerprint density at radius 2 is 2.22 bits per heavy atom. The largest absolute Gasteiger partial charge is 0.331 e.